The minimum atomic E-state index is -0.109. The molecule has 0 radical (unpaired) electrons. The summed E-state index contributed by atoms with van der Waals surface area (Å²) >= 11 is 0. The molecule has 2 heterocycles. The zero-order chi connectivity index (χ0) is 18.4. The van der Waals surface area contributed by atoms with Gasteiger partial charge in [0.1, 0.15) is 0 Å². The highest BCUT2D eigenvalue weighted by molar-refractivity contribution is 5.82. The summed E-state index contributed by atoms with van der Waals surface area (Å²) in [5, 5.41) is 3.55. The highest BCUT2D eigenvalue weighted by Gasteiger charge is 2.37. The van der Waals surface area contributed by atoms with Crippen LogP contribution in [0.3, 0.4) is 0 Å². The van der Waals surface area contributed by atoms with Crippen molar-refractivity contribution in [3.05, 3.63) is 0 Å². The minimum absolute atomic E-state index is 0.0558. The van der Waals surface area contributed by atoms with Crippen molar-refractivity contribution in [1.82, 2.24) is 15.1 Å². The Morgan fingerprint density at radius 3 is 2.72 bits per heavy atom. The van der Waals surface area contributed by atoms with E-state index in [9.17, 15) is 4.79 Å². The second-order valence-corrected chi connectivity index (χ2v) is 8.10. The summed E-state index contributed by atoms with van der Waals surface area (Å²) in [6.45, 7) is 12.8. The van der Waals surface area contributed by atoms with Crippen molar-refractivity contribution < 1.29 is 9.53 Å². The number of methoxy groups -OCH3 is 1. The van der Waals surface area contributed by atoms with Gasteiger partial charge in [-0.2, -0.15) is 0 Å². The Bertz CT molecular complexity index is 466. The van der Waals surface area contributed by atoms with Crippen molar-refractivity contribution in [1.29, 1.82) is 0 Å². The van der Waals surface area contributed by atoms with Crippen LogP contribution < -0.4 is 5.32 Å². The molecule has 0 spiro atoms. The molecule has 144 valence electrons. The second-order valence-electron chi connectivity index (χ2n) is 8.10. The van der Waals surface area contributed by atoms with E-state index >= 15 is 0 Å². The molecule has 6 nitrogen and oxygen atoms in total. The first kappa shape index (κ1) is 20.0. The monoisotopic (exact) mass is 352 g/mol. The highest BCUT2D eigenvalue weighted by atomic mass is 16.5. The molecule has 2 aliphatic rings. The van der Waals surface area contributed by atoms with E-state index in [0.717, 1.165) is 25.0 Å². The minimum Gasteiger partial charge on any atom is -0.469 e. The number of rotatable bonds is 5. The number of hydrogen-bond donors (Lipinski definition) is 1. The zero-order valence-corrected chi connectivity index (χ0v) is 16.6. The van der Waals surface area contributed by atoms with Crippen LogP contribution in [0.15, 0.2) is 4.99 Å². The molecule has 2 fully saturated rings. The topological polar surface area (TPSA) is 57.2 Å². The molecule has 0 aromatic heterocycles. The van der Waals surface area contributed by atoms with Gasteiger partial charge in [0, 0.05) is 39.8 Å². The number of ether oxygens (including phenoxy) is 1. The molecule has 2 aliphatic heterocycles. The van der Waals surface area contributed by atoms with E-state index in [4.69, 9.17) is 4.74 Å². The largest absolute Gasteiger partial charge is 0.469 e. The summed E-state index contributed by atoms with van der Waals surface area (Å²) in [5.41, 5.74) is 0. The van der Waals surface area contributed by atoms with Gasteiger partial charge >= 0.3 is 5.97 Å². The van der Waals surface area contributed by atoms with Gasteiger partial charge < -0.3 is 19.9 Å². The summed E-state index contributed by atoms with van der Waals surface area (Å²) in [4.78, 5) is 21.1. The SMILES string of the molecule is CN=C(NCC1CCCN(CC(C)C)C1)N1CC(C)C(C(=O)OC)C1. The third-order valence-electron chi connectivity index (χ3n) is 5.40. The van der Waals surface area contributed by atoms with Crippen LogP contribution in [0.5, 0.6) is 0 Å². The van der Waals surface area contributed by atoms with Gasteiger partial charge in [-0.1, -0.05) is 20.8 Å². The first-order chi connectivity index (χ1) is 11.9. The molecule has 0 bridgehead atoms. The molecule has 2 saturated heterocycles. The lowest BCUT2D eigenvalue weighted by atomic mass is 9.97. The number of aliphatic imine (C=N–C) groups is 1. The molecule has 25 heavy (non-hydrogen) atoms. The molecule has 0 aromatic rings. The Balaban J connectivity index is 1.83. The first-order valence-electron chi connectivity index (χ1n) is 9.70. The molecule has 2 rings (SSSR count). The molecule has 3 atom stereocenters. The summed E-state index contributed by atoms with van der Waals surface area (Å²) in [5.74, 6) is 2.43. The van der Waals surface area contributed by atoms with Gasteiger partial charge in [-0.05, 0) is 37.1 Å². The number of carbonyl (C=O) groups is 1. The third-order valence-corrected chi connectivity index (χ3v) is 5.40. The summed E-state index contributed by atoms with van der Waals surface area (Å²) in [6, 6.07) is 0. The highest BCUT2D eigenvalue weighted by Crippen LogP contribution is 2.24. The lowest BCUT2D eigenvalue weighted by molar-refractivity contribution is -0.145. The van der Waals surface area contributed by atoms with Crippen molar-refractivity contribution in [2.24, 2.45) is 28.7 Å². The number of likely N-dealkylation sites (tertiary alicyclic amines) is 2. The van der Waals surface area contributed by atoms with Crippen LogP contribution in [-0.4, -0.2) is 75.2 Å². The smallest absolute Gasteiger partial charge is 0.310 e. The number of esters is 1. The maximum Gasteiger partial charge on any atom is 0.310 e. The third kappa shape index (κ3) is 5.59. The van der Waals surface area contributed by atoms with Crippen LogP contribution in [-0.2, 0) is 9.53 Å². The Labute approximate surface area is 153 Å². The van der Waals surface area contributed by atoms with E-state index < -0.39 is 0 Å². The average molecular weight is 353 g/mol. The number of hydrogen-bond acceptors (Lipinski definition) is 4. The second kappa shape index (κ2) is 9.41. The van der Waals surface area contributed by atoms with Gasteiger partial charge in [-0.3, -0.25) is 9.79 Å². The Morgan fingerprint density at radius 1 is 1.32 bits per heavy atom. The number of nitrogens with zero attached hydrogens (tertiary/aromatic N) is 3. The van der Waals surface area contributed by atoms with Crippen molar-refractivity contribution in [3.63, 3.8) is 0 Å². The Hall–Kier alpha value is -1.30. The van der Waals surface area contributed by atoms with Gasteiger partial charge in [-0.25, -0.2) is 0 Å². The van der Waals surface area contributed by atoms with Gasteiger partial charge in [0.05, 0.1) is 13.0 Å². The van der Waals surface area contributed by atoms with Crippen LogP contribution in [0.4, 0.5) is 0 Å². The van der Waals surface area contributed by atoms with E-state index in [2.05, 4.69) is 40.9 Å². The fourth-order valence-electron chi connectivity index (χ4n) is 4.17. The first-order valence-corrected chi connectivity index (χ1v) is 9.70. The number of carbonyl (C=O) groups excluding carboxylic acids is 1. The van der Waals surface area contributed by atoms with E-state index in [-0.39, 0.29) is 11.9 Å². The number of piperidine rings is 1. The van der Waals surface area contributed by atoms with E-state index in [1.807, 2.05) is 7.05 Å². The standard InChI is InChI=1S/C19H36N4O2/c1-14(2)10-22-8-6-7-16(12-22)9-21-19(20-4)23-11-15(3)17(13-23)18(24)25-5/h14-17H,6-13H2,1-5H3,(H,20,21). The Morgan fingerprint density at radius 2 is 2.08 bits per heavy atom. The maximum atomic E-state index is 11.9. The summed E-state index contributed by atoms with van der Waals surface area (Å²) < 4.78 is 4.93. The molecule has 1 N–H and O–H groups in total. The molecule has 0 amide bonds. The number of guanidine groups is 1. The van der Waals surface area contributed by atoms with Gasteiger partial charge in [0.25, 0.3) is 0 Å². The summed E-state index contributed by atoms with van der Waals surface area (Å²) in [6.07, 6.45) is 2.56. The van der Waals surface area contributed by atoms with Gasteiger partial charge in [0.15, 0.2) is 5.96 Å². The van der Waals surface area contributed by atoms with Gasteiger partial charge in [-0.15, -0.1) is 0 Å². The fraction of sp³-hybridized carbons (Fsp3) is 0.895. The van der Waals surface area contributed by atoms with Crippen molar-refractivity contribution in [3.8, 4) is 0 Å². The molecular weight excluding hydrogens is 316 g/mol. The molecule has 0 aromatic carbocycles. The average Bonchev–Trinajstić information content (AvgIpc) is 2.96. The van der Waals surface area contributed by atoms with Crippen LogP contribution in [0, 0.1) is 23.7 Å². The lowest BCUT2D eigenvalue weighted by Crippen LogP contribution is -2.46. The van der Waals surface area contributed by atoms with E-state index in [1.165, 1.54) is 39.6 Å². The molecular formula is C19H36N4O2. The van der Waals surface area contributed by atoms with Crippen molar-refractivity contribution >= 4 is 11.9 Å². The normalized spacial score (nSPS) is 28.5. The molecule has 3 unspecified atom stereocenters. The van der Waals surface area contributed by atoms with Crippen molar-refractivity contribution in [2.75, 3.05) is 53.4 Å². The number of nitrogens with one attached hydrogen (secondary N) is 1. The molecule has 0 saturated carbocycles. The molecule has 6 heteroatoms. The Kier molecular flexibility index (Phi) is 7.54. The predicted molar refractivity (Wildman–Crippen MR) is 102 cm³/mol. The van der Waals surface area contributed by atoms with Crippen LogP contribution in [0.25, 0.3) is 0 Å². The fourth-order valence-corrected chi connectivity index (χ4v) is 4.17. The zero-order valence-electron chi connectivity index (χ0n) is 16.6. The summed E-state index contributed by atoms with van der Waals surface area (Å²) in [7, 11) is 3.29. The predicted octanol–water partition coefficient (Wildman–Crippen LogP) is 1.67. The van der Waals surface area contributed by atoms with Crippen molar-refractivity contribution in [2.45, 2.75) is 33.6 Å². The van der Waals surface area contributed by atoms with Crippen LogP contribution >= 0.6 is 0 Å². The maximum absolute atomic E-state index is 11.9. The van der Waals surface area contributed by atoms with E-state index in [0.29, 0.717) is 18.4 Å². The quantitative estimate of drug-likeness (QED) is 0.463. The lowest BCUT2D eigenvalue weighted by Gasteiger charge is -2.34. The molecule has 0 aliphatic carbocycles. The van der Waals surface area contributed by atoms with Crippen LogP contribution in [0.1, 0.15) is 33.6 Å². The van der Waals surface area contributed by atoms with E-state index in [1.54, 1.807) is 0 Å². The van der Waals surface area contributed by atoms with Crippen LogP contribution in [0.2, 0.25) is 0 Å². The van der Waals surface area contributed by atoms with Gasteiger partial charge in [0.2, 0.25) is 0 Å².